The predicted molar refractivity (Wildman–Crippen MR) is 118 cm³/mol. The van der Waals surface area contributed by atoms with E-state index in [-0.39, 0.29) is 17.7 Å². The molecule has 0 saturated carbocycles. The van der Waals surface area contributed by atoms with Gasteiger partial charge >= 0.3 is 0 Å². The standard InChI is InChI=1S/C26H20ClNO3/c1-14(29)26-19-11-4-2-9-17(19)21(18-10-3-5-12-20(18)26)22-23(26)25(31)28(24(22)30)16-8-6-7-15(27)13-16/h2-14,21-23,29H,1H3/t14-,21?,22-,23-,26?/m1/s1. The number of anilines is 1. The molecule has 1 aliphatic heterocycles. The highest BCUT2D eigenvalue weighted by Gasteiger charge is 2.69. The summed E-state index contributed by atoms with van der Waals surface area (Å²) >= 11 is 6.18. The van der Waals surface area contributed by atoms with Gasteiger partial charge in [0, 0.05) is 10.9 Å². The van der Waals surface area contributed by atoms with Crippen LogP contribution in [0.15, 0.2) is 72.8 Å². The summed E-state index contributed by atoms with van der Waals surface area (Å²) in [5, 5.41) is 11.8. The molecule has 0 unspecified atom stereocenters. The van der Waals surface area contributed by atoms with Crippen molar-refractivity contribution in [2.75, 3.05) is 4.90 Å². The van der Waals surface area contributed by atoms with Gasteiger partial charge in [-0.2, -0.15) is 0 Å². The number of halogens is 1. The summed E-state index contributed by atoms with van der Waals surface area (Å²) in [7, 11) is 0. The van der Waals surface area contributed by atoms with Crippen LogP contribution in [0.5, 0.6) is 0 Å². The molecule has 1 N–H and O–H groups in total. The number of rotatable bonds is 2. The Balaban J connectivity index is 1.67. The van der Waals surface area contributed by atoms with Crippen LogP contribution in [0, 0.1) is 11.8 Å². The number of aliphatic hydroxyl groups excluding tert-OH is 1. The number of amides is 2. The monoisotopic (exact) mass is 429 g/mol. The topological polar surface area (TPSA) is 57.6 Å². The van der Waals surface area contributed by atoms with Crippen molar-refractivity contribution in [3.05, 3.63) is 100 Å². The van der Waals surface area contributed by atoms with Gasteiger partial charge in [-0.15, -0.1) is 0 Å². The van der Waals surface area contributed by atoms with E-state index in [1.54, 1.807) is 31.2 Å². The number of hydrogen-bond acceptors (Lipinski definition) is 3. The molecule has 3 aromatic carbocycles. The molecule has 3 atom stereocenters. The maximum atomic E-state index is 13.9. The summed E-state index contributed by atoms with van der Waals surface area (Å²) in [6.07, 6.45) is -0.861. The Morgan fingerprint density at radius 2 is 1.52 bits per heavy atom. The van der Waals surface area contributed by atoms with E-state index in [0.717, 1.165) is 22.3 Å². The van der Waals surface area contributed by atoms with Crippen molar-refractivity contribution in [1.82, 2.24) is 0 Å². The molecule has 1 fully saturated rings. The summed E-state index contributed by atoms with van der Waals surface area (Å²) in [6, 6.07) is 22.7. The maximum Gasteiger partial charge on any atom is 0.239 e. The second kappa shape index (κ2) is 6.28. The van der Waals surface area contributed by atoms with Crippen molar-refractivity contribution in [2.24, 2.45) is 11.8 Å². The van der Waals surface area contributed by atoms with E-state index in [1.807, 2.05) is 48.5 Å². The molecule has 0 radical (unpaired) electrons. The molecule has 1 heterocycles. The molecule has 31 heavy (non-hydrogen) atoms. The first-order valence-electron chi connectivity index (χ1n) is 10.5. The largest absolute Gasteiger partial charge is 0.392 e. The van der Waals surface area contributed by atoms with Gasteiger partial charge in [-0.1, -0.05) is 66.2 Å². The summed E-state index contributed by atoms with van der Waals surface area (Å²) in [4.78, 5) is 29.0. The van der Waals surface area contributed by atoms with Crippen LogP contribution in [0.2, 0.25) is 5.02 Å². The second-order valence-electron chi connectivity index (χ2n) is 8.69. The molecule has 3 aromatic rings. The second-order valence-corrected chi connectivity index (χ2v) is 9.13. The van der Waals surface area contributed by atoms with Gasteiger partial charge in [-0.3, -0.25) is 9.59 Å². The van der Waals surface area contributed by atoms with Crippen LogP contribution in [0.1, 0.15) is 35.1 Å². The molecule has 3 aliphatic carbocycles. The van der Waals surface area contributed by atoms with E-state index in [9.17, 15) is 14.7 Å². The van der Waals surface area contributed by atoms with Gasteiger partial charge in [-0.25, -0.2) is 4.90 Å². The van der Waals surface area contributed by atoms with E-state index in [4.69, 9.17) is 11.6 Å². The number of carbonyl (C=O) groups excluding carboxylic acids is 2. The molecule has 4 nitrogen and oxygen atoms in total. The number of imide groups is 1. The zero-order valence-electron chi connectivity index (χ0n) is 16.8. The number of nitrogens with zero attached hydrogens (tertiary/aromatic N) is 1. The molecule has 0 spiro atoms. The average Bonchev–Trinajstić information content (AvgIpc) is 3.04. The van der Waals surface area contributed by atoms with Crippen LogP contribution >= 0.6 is 11.6 Å². The van der Waals surface area contributed by atoms with Crippen LogP contribution in [0.4, 0.5) is 5.69 Å². The summed E-state index contributed by atoms with van der Waals surface area (Å²) in [5.41, 5.74) is 3.44. The Morgan fingerprint density at radius 1 is 0.903 bits per heavy atom. The van der Waals surface area contributed by atoms with Crippen molar-refractivity contribution in [3.63, 3.8) is 0 Å². The summed E-state index contributed by atoms with van der Waals surface area (Å²) < 4.78 is 0. The Morgan fingerprint density at radius 3 is 2.10 bits per heavy atom. The Kier molecular flexibility index (Phi) is 3.81. The Hall–Kier alpha value is -2.95. The fraction of sp³-hybridized carbons (Fsp3) is 0.231. The van der Waals surface area contributed by atoms with E-state index < -0.39 is 23.4 Å². The highest BCUT2D eigenvalue weighted by molar-refractivity contribution is 6.31. The molecule has 5 heteroatoms. The first-order valence-corrected chi connectivity index (χ1v) is 10.9. The molecule has 4 aliphatic rings. The number of aliphatic hydroxyl groups is 1. The maximum absolute atomic E-state index is 13.9. The third-order valence-electron chi connectivity index (χ3n) is 7.41. The summed E-state index contributed by atoms with van der Waals surface area (Å²) in [6.45, 7) is 1.73. The van der Waals surface area contributed by atoms with E-state index >= 15 is 0 Å². The van der Waals surface area contributed by atoms with E-state index in [2.05, 4.69) is 0 Å². The molecule has 154 valence electrons. The zero-order valence-corrected chi connectivity index (χ0v) is 17.6. The summed E-state index contributed by atoms with van der Waals surface area (Å²) in [5.74, 6) is -1.96. The lowest BCUT2D eigenvalue weighted by molar-refractivity contribution is -0.126. The number of hydrogen-bond donors (Lipinski definition) is 1. The predicted octanol–water partition coefficient (Wildman–Crippen LogP) is 4.27. The first-order chi connectivity index (χ1) is 15.0. The fourth-order valence-corrected chi connectivity index (χ4v) is 6.59. The molecule has 2 amide bonds. The Bertz CT molecular complexity index is 1220. The minimum absolute atomic E-state index is 0.223. The average molecular weight is 430 g/mol. The van der Waals surface area contributed by atoms with Gasteiger partial charge in [0.2, 0.25) is 11.8 Å². The quantitative estimate of drug-likeness (QED) is 0.619. The fourth-order valence-electron chi connectivity index (χ4n) is 6.41. The molecular formula is C26H20ClNO3. The SMILES string of the molecule is C[C@@H](O)C12c3ccccc3C(c3ccccc31)[C@H]1C(=O)N(c3cccc(Cl)c3)C(=O)[C@@H]12. The third kappa shape index (κ3) is 2.14. The van der Waals surface area contributed by atoms with Crippen molar-refractivity contribution < 1.29 is 14.7 Å². The van der Waals surface area contributed by atoms with Gasteiger partial charge in [0.25, 0.3) is 0 Å². The van der Waals surface area contributed by atoms with Crippen molar-refractivity contribution in [3.8, 4) is 0 Å². The number of benzene rings is 3. The van der Waals surface area contributed by atoms with Crippen LogP contribution in [-0.2, 0) is 15.0 Å². The highest BCUT2D eigenvalue weighted by atomic mass is 35.5. The van der Waals surface area contributed by atoms with Crippen molar-refractivity contribution in [2.45, 2.75) is 24.4 Å². The lowest BCUT2D eigenvalue weighted by Crippen LogP contribution is -2.58. The molecule has 0 aromatic heterocycles. The van der Waals surface area contributed by atoms with Gasteiger partial charge in [0.15, 0.2) is 0 Å². The molecule has 2 bridgehead atoms. The molecule has 7 rings (SSSR count). The van der Waals surface area contributed by atoms with Crippen LogP contribution in [-0.4, -0.2) is 23.0 Å². The molecular weight excluding hydrogens is 410 g/mol. The lowest BCUT2D eigenvalue weighted by Gasteiger charge is -2.55. The molecule has 1 saturated heterocycles. The van der Waals surface area contributed by atoms with Crippen molar-refractivity contribution in [1.29, 1.82) is 0 Å². The highest BCUT2D eigenvalue weighted by Crippen LogP contribution is 2.65. The Labute approximate surface area is 185 Å². The van der Waals surface area contributed by atoms with Gasteiger partial charge < -0.3 is 5.11 Å². The first kappa shape index (κ1) is 18.8. The van der Waals surface area contributed by atoms with Crippen LogP contribution in [0.3, 0.4) is 0 Å². The van der Waals surface area contributed by atoms with Crippen molar-refractivity contribution >= 4 is 29.1 Å². The normalized spacial score (nSPS) is 28.9. The van der Waals surface area contributed by atoms with Crippen LogP contribution in [0.25, 0.3) is 0 Å². The van der Waals surface area contributed by atoms with Gasteiger partial charge in [0.1, 0.15) is 0 Å². The van der Waals surface area contributed by atoms with E-state index in [0.29, 0.717) is 10.7 Å². The minimum atomic E-state index is -0.979. The van der Waals surface area contributed by atoms with Crippen LogP contribution < -0.4 is 4.90 Å². The van der Waals surface area contributed by atoms with Gasteiger partial charge in [-0.05, 0) is 47.4 Å². The lowest BCUT2D eigenvalue weighted by atomic mass is 9.46. The van der Waals surface area contributed by atoms with Gasteiger partial charge in [0.05, 0.1) is 29.0 Å². The minimum Gasteiger partial charge on any atom is -0.392 e. The number of carbonyl (C=O) groups is 2. The third-order valence-corrected chi connectivity index (χ3v) is 7.64. The zero-order chi connectivity index (χ0) is 21.5. The smallest absolute Gasteiger partial charge is 0.239 e. The van der Waals surface area contributed by atoms with E-state index in [1.165, 1.54) is 4.90 Å².